The van der Waals surface area contributed by atoms with E-state index in [0.717, 1.165) is 19.4 Å². The minimum absolute atomic E-state index is 0. The van der Waals surface area contributed by atoms with Crippen molar-refractivity contribution in [3.63, 3.8) is 0 Å². The van der Waals surface area contributed by atoms with Crippen LogP contribution in [-0.4, -0.2) is 43.2 Å². The Bertz CT molecular complexity index is 317. The lowest BCUT2D eigenvalue weighted by molar-refractivity contribution is -0.200. The van der Waals surface area contributed by atoms with Gasteiger partial charge in [-0.1, -0.05) is 12.8 Å². The van der Waals surface area contributed by atoms with E-state index in [1.165, 1.54) is 0 Å². The number of amides is 1. The molecule has 1 saturated heterocycles. The van der Waals surface area contributed by atoms with Gasteiger partial charge in [-0.25, -0.2) is 0 Å². The van der Waals surface area contributed by atoms with Crippen molar-refractivity contribution in [1.29, 1.82) is 0 Å². The van der Waals surface area contributed by atoms with Crippen LogP contribution in [0.3, 0.4) is 0 Å². The number of halogens is 4. The Kier molecular flexibility index (Phi) is 6.58. The van der Waals surface area contributed by atoms with Crippen molar-refractivity contribution in [2.24, 2.45) is 11.8 Å². The lowest BCUT2D eigenvalue weighted by atomic mass is 9.78. The first-order valence-electron chi connectivity index (χ1n) is 7.06. The summed E-state index contributed by atoms with van der Waals surface area (Å²) in [6.45, 7) is 2.61. The molecule has 0 aromatic rings. The number of hydrogen-bond donors (Lipinski definition) is 1. The van der Waals surface area contributed by atoms with Gasteiger partial charge in [0.2, 0.25) is 5.91 Å². The number of rotatable bonds is 1. The minimum Gasteiger partial charge on any atom is -0.341 e. The number of nitrogens with zero attached hydrogens (tertiary/aromatic N) is 1. The zero-order valence-electron chi connectivity index (χ0n) is 11.4. The maximum absolute atomic E-state index is 13.0. The average Bonchev–Trinajstić information content (AvgIpc) is 2.66. The smallest absolute Gasteiger partial charge is 0.341 e. The molecule has 1 aliphatic heterocycles. The van der Waals surface area contributed by atoms with Crippen LogP contribution in [0.5, 0.6) is 0 Å². The third kappa shape index (κ3) is 4.25. The quantitative estimate of drug-likeness (QED) is 0.807. The van der Waals surface area contributed by atoms with Crippen LogP contribution >= 0.6 is 12.4 Å². The van der Waals surface area contributed by atoms with Crippen LogP contribution in [0.25, 0.3) is 0 Å². The van der Waals surface area contributed by atoms with Crippen LogP contribution < -0.4 is 5.32 Å². The third-order valence-corrected chi connectivity index (χ3v) is 4.16. The summed E-state index contributed by atoms with van der Waals surface area (Å²) in [6.07, 6.45) is -1.64. The predicted octanol–water partition coefficient (Wildman–Crippen LogP) is 2.60. The van der Waals surface area contributed by atoms with E-state index in [0.29, 0.717) is 32.5 Å². The van der Waals surface area contributed by atoms with E-state index in [9.17, 15) is 18.0 Å². The highest BCUT2D eigenvalue weighted by Gasteiger charge is 2.48. The first-order chi connectivity index (χ1) is 9.00. The van der Waals surface area contributed by atoms with E-state index in [-0.39, 0.29) is 24.7 Å². The van der Waals surface area contributed by atoms with Crippen LogP contribution in [0.15, 0.2) is 0 Å². The molecule has 2 rings (SSSR count). The molecule has 2 aliphatic rings. The zero-order valence-corrected chi connectivity index (χ0v) is 12.2. The monoisotopic (exact) mass is 314 g/mol. The van der Waals surface area contributed by atoms with E-state index in [2.05, 4.69) is 5.32 Å². The van der Waals surface area contributed by atoms with Gasteiger partial charge in [-0.3, -0.25) is 4.79 Å². The molecule has 0 bridgehead atoms. The molecular weight excluding hydrogens is 293 g/mol. The number of alkyl halides is 3. The fraction of sp³-hybridized carbons (Fsp3) is 0.923. The number of hydrogen-bond acceptors (Lipinski definition) is 2. The van der Waals surface area contributed by atoms with Gasteiger partial charge >= 0.3 is 6.18 Å². The van der Waals surface area contributed by atoms with Crippen molar-refractivity contribution in [3.8, 4) is 0 Å². The topological polar surface area (TPSA) is 32.3 Å². The molecule has 0 radical (unpaired) electrons. The summed E-state index contributed by atoms with van der Waals surface area (Å²) in [4.78, 5) is 14.0. The van der Waals surface area contributed by atoms with Crippen molar-refractivity contribution in [1.82, 2.24) is 10.2 Å². The van der Waals surface area contributed by atoms with Crippen LogP contribution in [-0.2, 0) is 4.79 Å². The SMILES string of the molecule is Cl.O=C(C1CCCCC1C(F)(F)F)N1CCCNCC1. The molecular formula is C13H22ClF3N2O. The molecule has 1 aliphatic carbocycles. The Labute approximate surface area is 123 Å². The first-order valence-corrected chi connectivity index (χ1v) is 7.06. The second kappa shape index (κ2) is 7.50. The molecule has 20 heavy (non-hydrogen) atoms. The van der Waals surface area contributed by atoms with Crippen molar-refractivity contribution in [2.45, 2.75) is 38.3 Å². The van der Waals surface area contributed by atoms with Crippen LogP contribution in [0.2, 0.25) is 0 Å². The lowest BCUT2D eigenvalue weighted by Gasteiger charge is -2.35. The second-order valence-corrected chi connectivity index (χ2v) is 5.47. The molecule has 1 heterocycles. The molecule has 3 nitrogen and oxygen atoms in total. The molecule has 2 unspecified atom stereocenters. The van der Waals surface area contributed by atoms with Gasteiger partial charge in [0.15, 0.2) is 0 Å². The van der Waals surface area contributed by atoms with Gasteiger partial charge in [-0.15, -0.1) is 12.4 Å². The Morgan fingerprint density at radius 2 is 1.75 bits per heavy atom. The largest absolute Gasteiger partial charge is 0.392 e. The van der Waals surface area contributed by atoms with Crippen molar-refractivity contribution < 1.29 is 18.0 Å². The molecule has 1 N–H and O–H groups in total. The highest BCUT2D eigenvalue weighted by Crippen LogP contribution is 2.42. The van der Waals surface area contributed by atoms with Gasteiger partial charge in [-0.2, -0.15) is 13.2 Å². The first kappa shape index (κ1) is 17.6. The van der Waals surface area contributed by atoms with Crippen LogP contribution in [0, 0.1) is 11.8 Å². The molecule has 1 amide bonds. The Hall–Kier alpha value is -0.490. The van der Waals surface area contributed by atoms with Crippen LogP contribution in [0.1, 0.15) is 32.1 Å². The van der Waals surface area contributed by atoms with Gasteiger partial charge in [0.1, 0.15) is 0 Å². The molecule has 7 heteroatoms. The van der Waals surface area contributed by atoms with E-state index in [1.807, 2.05) is 0 Å². The summed E-state index contributed by atoms with van der Waals surface area (Å²) in [5.41, 5.74) is 0. The van der Waals surface area contributed by atoms with E-state index in [1.54, 1.807) is 4.90 Å². The van der Waals surface area contributed by atoms with E-state index < -0.39 is 18.0 Å². The summed E-state index contributed by atoms with van der Waals surface area (Å²) in [6, 6.07) is 0. The predicted molar refractivity (Wildman–Crippen MR) is 72.8 cm³/mol. The van der Waals surface area contributed by atoms with Gasteiger partial charge in [0.25, 0.3) is 0 Å². The van der Waals surface area contributed by atoms with Gasteiger partial charge in [0, 0.05) is 25.6 Å². The molecule has 118 valence electrons. The molecule has 0 aromatic carbocycles. The third-order valence-electron chi connectivity index (χ3n) is 4.16. The van der Waals surface area contributed by atoms with E-state index in [4.69, 9.17) is 0 Å². The standard InChI is InChI=1S/C13H21F3N2O.ClH/c14-13(15,16)11-5-2-1-4-10(11)12(19)18-8-3-6-17-7-9-18;/h10-11,17H,1-9H2;1H. The molecule has 2 atom stereocenters. The molecule has 1 saturated carbocycles. The highest BCUT2D eigenvalue weighted by atomic mass is 35.5. The lowest BCUT2D eigenvalue weighted by Crippen LogP contribution is -2.45. The van der Waals surface area contributed by atoms with Gasteiger partial charge in [-0.05, 0) is 25.8 Å². The highest BCUT2D eigenvalue weighted by molar-refractivity contribution is 5.85. The van der Waals surface area contributed by atoms with Crippen molar-refractivity contribution in [2.75, 3.05) is 26.2 Å². The normalized spacial score (nSPS) is 28.4. The summed E-state index contributed by atoms with van der Waals surface area (Å²) >= 11 is 0. The molecule has 0 spiro atoms. The fourth-order valence-corrected chi connectivity index (χ4v) is 3.12. The maximum atomic E-state index is 13.0. The van der Waals surface area contributed by atoms with E-state index >= 15 is 0 Å². The Morgan fingerprint density at radius 3 is 2.45 bits per heavy atom. The van der Waals surface area contributed by atoms with Gasteiger partial charge in [0.05, 0.1) is 5.92 Å². The maximum Gasteiger partial charge on any atom is 0.392 e. The second-order valence-electron chi connectivity index (χ2n) is 5.47. The fourth-order valence-electron chi connectivity index (χ4n) is 3.12. The number of carbonyl (C=O) groups is 1. The van der Waals surface area contributed by atoms with Gasteiger partial charge < -0.3 is 10.2 Å². The summed E-state index contributed by atoms with van der Waals surface area (Å²) < 4.78 is 39.0. The van der Waals surface area contributed by atoms with Crippen LogP contribution in [0.4, 0.5) is 13.2 Å². The number of nitrogens with one attached hydrogen (secondary N) is 1. The summed E-state index contributed by atoms with van der Waals surface area (Å²) in [5, 5.41) is 3.16. The molecule has 0 aromatic heterocycles. The Balaban J connectivity index is 0.00000200. The van der Waals surface area contributed by atoms with Crippen molar-refractivity contribution >= 4 is 18.3 Å². The summed E-state index contributed by atoms with van der Waals surface area (Å²) in [7, 11) is 0. The zero-order chi connectivity index (χ0) is 13.9. The minimum atomic E-state index is -4.25. The summed E-state index contributed by atoms with van der Waals surface area (Å²) in [5.74, 6) is -2.58. The Morgan fingerprint density at radius 1 is 1.05 bits per heavy atom. The average molecular weight is 315 g/mol. The number of carbonyl (C=O) groups excluding carboxylic acids is 1. The molecule has 2 fully saturated rings. The van der Waals surface area contributed by atoms with Crippen molar-refractivity contribution in [3.05, 3.63) is 0 Å².